The van der Waals surface area contributed by atoms with Gasteiger partial charge in [-0.05, 0) is 50.3 Å². The van der Waals surface area contributed by atoms with Crippen LogP contribution in [-0.2, 0) is 0 Å². The first-order valence-corrected chi connectivity index (χ1v) is 6.88. The van der Waals surface area contributed by atoms with Crippen LogP contribution in [-0.4, -0.2) is 23.5 Å². The molecule has 104 valence electrons. The number of nitrogens with two attached hydrogens (primary N) is 1. The number of ketones is 1. The number of carbonyl (C=O) groups excluding carboxylic acids is 1. The van der Waals surface area contributed by atoms with E-state index in [1.165, 1.54) is 6.92 Å². The Hall–Kier alpha value is -1.55. The fourth-order valence-corrected chi connectivity index (χ4v) is 2.68. The first kappa shape index (κ1) is 13.9. The Morgan fingerprint density at radius 3 is 2.95 bits per heavy atom. The van der Waals surface area contributed by atoms with Crippen LogP contribution in [0.2, 0.25) is 0 Å². The van der Waals surface area contributed by atoms with Crippen LogP contribution >= 0.6 is 0 Å². The summed E-state index contributed by atoms with van der Waals surface area (Å²) in [6.45, 7) is 2.35. The van der Waals surface area contributed by atoms with Gasteiger partial charge in [-0.2, -0.15) is 0 Å². The van der Waals surface area contributed by atoms with Gasteiger partial charge in [0.1, 0.15) is 0 Å². The number of nitrogens with one attached hydrogen (secondary N) is 1. The number of hydrogen-bond donors (Lipinski definition) is 3. The summed E-state index contributed by atoms with van der Waals surface area (Å²) in [5.74, 6) is 0.483. The average Bonchev–Trinajstić information content (AvgIpc) is 2.37. The molecule has 0 radical (unpaired) electrons. The molecule has 4 nitrogen and oxygen atoms in total. The number of aliphatic hydroxyl groups excluding tert-OH is 1. The van der Waals surface area contributed by atoms with Gasteiger partial charge < -0.3 is 16.2 Å². The molecule has 0 amide bonds. The monoisotopic (exact) mass is 262 g/mol. The number of anilines is 2. The third-order valence-electron chi connectivity index (χ3n) is 3.78. The largest absolute Gasteiger partial charge is 0.398 e. The summed E-state index contributed by atoms with van der Waals surface area (Å²) >= 11 is 0. The molecule has 0 spiro atoms. The predicted molar refractivity (Wildman–Crippen MR) is 77.3 cm³/mol. The molecule has 2 unspecified atom stereocenters. The highest BCUT2D eigenvalue weighted by Crippen LogP contribution is 2.25. The zero-order chi connectivity index (χ0) is 13.8. The number of hydrogen-bond acceptors (Lipinski definition) is 4. The van der Waals surface area contributed by atoms with Gasteiger partial charge in [0.25, 0.3) is 0 Å². The maximum atomic E-state index is 11.4. The van der Waals surface area contributed by atoms with E-state index in [-0.39, 0.29) is 11.9 Å². The zero-order valence-electron chi connectivity index (χ0n) is 11.4. The Morgan fingerprint density at radius 1 is 1.47 bits per heavy atom. The quantitative estimate of drug-likeness (QED) is 0.575. The predicted octanol–water partition coefficient (Wildman–Crippen LogP) is 2.43. The van der Waals surface area contributed by atoms with Gasteiger partial charge in [-0.3, -0.25) is 4.79 Å². The molecule has 2 atom stereocenters. The highest BCUT2D eigenvalue weighted by atomic mass is 16.3. The molecule has 0 aliphatic heterocycles. The van der Waals surface area contributed by atoms with Gasteiger partial charge >= 0.3 is 0 Å². The molecule has 1 aliphatic carbocycles. The number of Topliss-reactive ketones (excluding diaryl/α,β-unsaturated/α-hetero) is 1. The zero-order valence-corrected chi connectivity index (χ0v) is 11.4. The maximum Gasteiger partial charge on any atom is 0.161 e. The molecule has 1 aliphatic rings. The Morgan fingerprint density at radius 2 is 2.26 bits per heavy atom. The van der Waals surface area contributed by atoms with Crippen LogP contribution in [0.4, 0.5) is 11.4 Å². The first-order valence-electron chi connectivity index (χ1n) is 6.88. The van der Waals surface area contributed by atoms with Crippen molar-refractivity contribution in [2.24, 2.45) is 5.92 Å². The molecule has 1 fully saturated rings. The summed E-state index contributed by atoms with van der Waals surface area (Å²) in [5.41, 5.74) is 7.77. The maximum absolute atomic E-state index is 11.4. The topological polar surface area (TPSA) is 75.3 Å². The van der Waals surface area contributed by atoms with Crippen molar-refractivity contribution in [1.82, 2.24) is 0 Å². The molecule has 4 heteroatoms. The third kappa shape index (κ3) is 3.70. The Labute approximate surface area is 114 Å². The molecule has 4 N–H and O–H groups in total. The van der Waals surface area contributed by atoms with Crippen LogP contribution in [0.1, 0.15) is 43.0 Å². The van der Waals surface area contributed by atoms with Crippen molar-refractivity contribution in [3.63, 3.8) is 0 Å². The minimum atomic E-state index is -0.153. The first-order chi connectivity index (χ1) is 9.06. The van der Waals surface area contributed by atoms with Crippen LogP contribution in [0.25, 0.3) is 0 Å². The van der Waals surface area contributed by atoms with Crippen molar-refractivity contribution in [3.05, 3.63) is 23.8 Å². The lowest BCUT2D eigenvalue weighted by Crippen LogP contribution is -2.25. The van der Waals surface area contributed by atoms with Crippen LogP contribution < -0.4 is 11.1 Å². The van der Waals surface area contributed by atoms with Gasteiger partial charge in [0.2, 0.25) is 0 Å². The highest BCUT2D eigenvalue weighted by molar-refractivity contribution is 5.99. The summed E-state index contributed by atoms with van der Waals surface area (Å²) in [6, 6.07) is 5.45. The third-order valence-corrected chi connectivity index (χ3v) is 3.78. The minimum Gasteiger partial charge on any atom is -0.398 e. The van der Waals surface area contributed by atoms with E-state index < -0.39 is 0 Å². The summed E-state index contributed by atoms with van der Waals surface area (Å²) in [6.07, 6.45) is 3.88. The SMILES string of the molecule is CC(=O)c1cc(NCC2CCCC(O)C2)ccc1N. The number of aliphatic hydroxyl groups is 1. The highest BCUT2D eigenvalue weighted by Gasteiger charge is 2.19. The van der Waals surface area contributed by atoms with Gasteiger partial charge in [-0.1, -0.05) is 6.42 Å². The van der Waals surface area contributed by atoms with E-state index in [2.05, 4.69) is 5.32 Å². The molecule has 1 aromatic carbocycles. The number of carbonyl (C=O) groups is 1. The van der Waals surface area contributed by atoms with Gasteiger partial charge in [-0.15, -0.1) is 0 Å². The molecule has 19 heavy (non-hydrogen) atoms. The smallest absolute Gasteiger partial charge is 0.161 e. The van der Waals surface area contributed by atoms with Crippen molar-refractivity contribution in [2.75, 3.05) is 17.6 Å². The van der Waals surface area contributed by atoms with Crippen molar-refractivity contribution in [2.45, 2.75) is 38.7 Å². The van der Waals surface area contributed by atoms with Crippen molar-refractivity contribution >= 4 is 17.2 Å². The number of nitrogen functional groups attached to an aromatic ring is 1. The molecule has 0 bridgehead atoms. The van der Waals surface area contributed by atoms with Gasteiger partial charge in [0.15, 0.2) is 5.78 Å². The fourth-order valence-electron chi connectivity index (χ4n) is 2.68. The van der Waals surface area contributed by atoms with Crippen LogP contribution in [0.5, 0.6) is 0 Å². The Kier molecular flexibility index (Phi) is 4.43. The summed E-state index contributed by atoms with van der Waals surface area (Å²) in [5, 5.41) is 13.0. The van der Waals surface area contributed by atoms with E-state index in [0.717, 1.165) is 37.9 Å². The molecular formula is C15H22N2O2. The van der Waals surface area contributed by atoms with Gasteiger partial charge in [-0.25, -0.2) is 0 Å². The molecule has 2 rings (SSSR count). The van der Waals surface area contributed by atoms with Crippen LogP contribution in [0.3, 0.4) is 0 Å². The minimum absolute atomic E-state index is 0.0192. The molecule has 1 saturated carbocycles. The normalized spacial score (nSPS) is 23.1. The summed E-state index contributed by atoms with van der Waals surface area (Å²) < 4.78 is 0. The second-order valence-electron chi connectivity index (χ2n) is 5.43. The summed E-state index contributed by atoms with van der Waals surface area (Å²) in [4.78, 5) is 11.4. The van der Waals surface area contributed by atoms with E-state index >= 15 is 0 Å². The summed E-state index contributed by atoms with van der Waals surface area (Å²) in [7, 11) is 0. The number of rotatable bonds is 4. The lowest BCUT2D eigenvalue weighted by atomic mass is 9.87. The lowest BCUT2D eigenvalue weighted by molar-refractivity contribution is 0.101. The average molecular weight is 262 g/mol. The van der Waals surface area contributed by atoms with Crippen molar-refractivity contribution in [3.8, 4) is 0 Å². The molecule has 0 heterocycles. The molecule has 1 aromatic rings. The molecule has 0 aromatic heterocycles. The van der Waals surface area contributed by atoms with E-state index in [1.807, 2.05) is 6.07 Å². The van der Waals surface area contributed by atoms with Crippen LogP contribution in [0, 0.1) is 5.92 Å². The van der Waals surface area contributed by atoms with Gasteiger partial charge in [0.05, 0.1) is 6.10 Å². The Balaban J connectivity index is 1.96. The Bertz CT molecular complexity index is 459. The lowest BCUT2D eigenvalue weighted by Gasteiger charge is -2.26. The molecule has 0 saturated heterocycles. The van der Waals surface area contributed by atoms with Gasteiger partial charge in [0, 0.05) is 23.5 Å². The van der Waals surface area contributed by atoms with E-state index in [4.69, 9.17) is 5.73 Å². The number of benzene rings is 1. The van der Waals surface area contributed by atoms with E-state index in [9.17, 15) is 9.90 Å². The van der Waals surface area contributed by atoms with E-state index in [1.54, 1.807) is 12.1 Å². The van der Waals surface area contributed by atoms with E-state index in [0.29, 0.717) is 17.2 Å². The fraction of sp³-hybridized carbons (Fsp3) is 0.533. The molecular weight excluding hydrogens is 240 g/mol. The second-order valence-corrected chi connectivity index (χ2v) is 5.43. The standard InChI is InChI=1S/C15H22N2O2/c1-10(18)14-8-12(5-6-15(14)16)17-9-11-3-2-4-13(19)7-11/h5-6,8,11,13,17,19H,2-4,7,9,16H2,1H3. The van der Waals surface area contributed by atoms with Crippen LogP contribution in [0.15, 0.2) is 18.2 Å². The second kappa shape index (κ2) is 6.06. The van der Waals surface area contributed by atoms with Crippen molar-refractivity contribution < 1.29 is 9.90 Å². The van der Waals surface area contributed by atoms with Crippen molar-refractivity contribution in [1.29, 1.82) is 0 Å².